The van der Waals surface area contributed by atoms with Crippen LogP contribution in [0.5, 0.6) is 11.5 Å². The monoisotopic (exact) mass is 444 g/mol. The predicted octanol–water partition coefficient (Wildman–Crippen LogP) is 4.39. The van der Waals surface area contributed by atoms with Gasteiger partial charge in [-0.05, 0) is 30.3 Å². The van der Waals surface area contributed by atoms with Gasteiger partial charge in [0.2, 0.25) is 0 Å². The smallest absolute Gasteiger partial charge is 0.322 e. The molecule has 0 aliphatic carbocycles. The van der Waals surface area contributed by atoms with Gasteiger partial charge in [0, 0.05) is 42.4 Å². The van der Waals surface area contributed by atoms with Gasteiger partial charge in [0.25, 0.3) is 0 Å². The summed E-state index contributed by atoms with van der Waals surface area (Å²) in [4.78, 5) is 14.6. The molecule has 0 radical (unpaired) electrons. The molecule has 162 valence electrons. The second-order valence-corrected chi connectivity index (χ2v) is 7.62. The van der Waals surface area contributed by atoms with E-state index in [0.717, 1.165) is 17.0 Å². The summed E-state index contributed by atoms with van der Waals surface area (Å²) in [6.07, 6.45) is 0.666. The quantitative estimate of drug-likeness (QED) is 0.633. The Morgan fingerprint density at radius 1 is 1.29 bits per heavy atom. The summed E-state index contributed by atoms with van der Waals surface area (Å²) in [5, 5.41) is 7.92. The Kier molecular flexibility index (Phi) is 5.99. The van der Waals surface area contributed by atoms with Gasteiger partial charge in [0.1, 0.15) is 29.6 Å². The zero-order chi connectivity index (χ0) is 22.0. The van der Waals surface area contributed by atoms with Gasteiger partial charge < -0.3 is 19.7 Å². The zero-order valence-corrected chi connectivity index (χ0v) is 17.9. The summed E-state index contributed by atoms with van der Waals surface area (Å²) in [7, 11) is 3.41. The van der Waals surface area contributed by atoms with Crippen molar-refractivity contribution in [2.75, 3.05) is 19.0 Å². The van der Waals surface area contributed by atoms with E-state index in [1.165, 1.54) is 19.2 Å². The van der Waals surface area contributed by atoms with Crippen molar-refractivity contribution in [2.45, 2.75) is 19.6 Å². The second-order valence-electron chi connectivity index (χ2n) is 7.19. The molecule has 7 nitrogen and oxygen atoms in total. The molecule has 1 aliphatic heterocycles. The number of anilines is 1. The third kappa shape index (κ3) is 4.59. The first kappa shape index (κ1) is 21.0. The first-order chi connectivity index (χ1) is 14.9. The Morgan fingerprint density at radius 2 is 2.13 bits per heavy atom. The Bertz CT molecular complexity index is 1120. The summed E-state index contributed by atoms with van der Waals surface area (Å²) >= 11 is 6.06. The zero-order valence-electron chi connectivity index (χ0n) is 17.2. The van der Waals surface area contributed by atoms with Crippen molar-refractivity contribution in [1.82, 2.24) is 14.7 Å². The average molecular weight is 445 g/mol. The van der Waals surface area contributed by atoms with Crippen molar-refractivity contribution in [3.8, 4) is 11.5 Å². The maximum absolute atomic E-state index is 13.4. The number of amides is 2. The number of urea groups is 1. The first-order valence-electron chi connectivity index (χ1n) is 9.76. The summed E-state index contributed by atoms with van der Waals surface area (Å²) in [5.74, 6) is 0.596. The van der Waals surface area contributed by atoms with Crippen molar-refractivity contribution in [3.05, 3.63) is 70.3 Å². The van der Waals surface area contributed by atoms with Crippen LogP contribution < -0.4 is 14.8 Å². The highest BCUT2D eigenvalue weighted by Crippen LogP contribution is 2.29. The van der Waals surface area contributed by atoms with Crippen LogP contribution >= 0.6 is 11.6 Å². The fourth-order valence-electron chi connectivity index (χ4n) is 3.64. The molecule has 0 fully saturated rings. The number of carbonyl (C=O) groups excluding carboxylic acids is 1. The van der Waals surface area contributed by atoms with E-state index in [1.807, 2.05) is 11.7 Å². The van der Waals surface area contributed by atoms with Crippen molar-refractivity contribution in [2.24, 2.45) is 7.05 Å². The molecule has 3 aromatic rings. The second kappa shape index (κ2) is 8.85. The van der Waals surface area contributed by atoms with Crippen LogP contribution in [0.4, 0.5) is 14.9 Å². The van der Waals surface area contributed by atoms with Crippen LogP contribution in [0.3, 0.4) is 0 Å². The Balaban J connectivity index is 1.49. The number of aromatic nitrogens is 2. The van der Waals surface area contributed by atoms with Gasteiger partial charge >= 0.3 is 6.03 Å². The lowest BCUT2D eigenvalue weighted by Crippen LogP contribution is -2.39. The van der Waals surface area contributed by atoms with Gasteiger partial charge in [-0.1, -0.05) is 17.7 Å². The standard InChI is InChI=1S/C22H22ClFN4O3/c1-27-20-8-9-28(22(29)25-18-10-14(23)6-7-21(18)30-2)12-17(20)19(26-27)13-31-16-5-3-4-15(24)11-16/h3-7,10-11H,8-9,12-13H2,1-2H3,(H,25,29). The molecule has 1 N–H and O–H groups in total. The van der Waals surface area contributed by atoms with Gasteiger partial charge in [0.05, 0.1) is 19.3 Å². The SMILES string of the molecule is COc1ccc(Cl)cc1NC(=O)N1CCc2c(c(COc3cccc(F)c3)nn2C)C1. The van der Waals surface area contributed by atoms with Gasteiger partial charge in [-0.2, -0.15) is 5.10 Å². The largest absolute Gasteiger partial charge is 0.495 e. The predicted molar refractivity (Wildman–Crippen MR) is 115 cm³/mol. The van der Waals surface area contributed by atoms with Crippen LogP contribution in [0.1, 0.15) is 17.0 Å². The lowest BCUT2D eigenvalue weighted by molar-refractivity contribution is 0.205. The van der Waals surface area contributed by atoms with E-state index in [1.54, 1.807) is 35.2 Å². The van der Waals surface area contributed by atoms with E-state index < -0.39 is 0 Å². The third-order valence-electron chi connectivity index (χ3n) is 5.19. The van der Waals surface area contributed by atoms with Crippen LogP contribution in [0.2, 0.25) is 5.02 Å². The molecule has 1 aliphatic rings. The molecule has 0 unspecified atom stereocenters. The minimum absolute atomic E-state index is 0.185. The number of fused-ring (bicyclic) bond motifs is 1. The first-order valence-corrected chi connectivity index (χ1v) is 10.1. The number of hydrogen-bond donors (Lipinski definition) is 1. The Morgan fingerprint density at radius 3 is 2.90 bits per heavy atom. The van der Waals surface area contributed by atoms with Crippen molar-refractivity contribution in [3.63, 3.8) is 0 Å². The number of nitrogens with zero attached hydrogens (tertiary/aromatic N) is 3. The fourth-order valence-corrected chi connectivity index (χ4v) is 3.81. The van der Waals surface area contributed by atoms with Crippen molar-refractivity contribution < 1.29 is 18.7 Å². The molecule has 0 saturated heterocycles. The fraction of sp³-hybridized carbons (Fsp3) is 0.273. The number of carbonyl (C=O) groups is 1. The molecular weight excluding hydrogens is 423 g/mol. The maximum atomic E-state index is 13.4. The van der Waals surface area contributed by atoms with E-state index in [4.69, 9.17) is 21.1 Å². The summed E-state index contributed by atoms with van der Waals surface area (Å²) < 4.78 is 26.2. The molecule has 1 aromatic heterocycles. The number of rotatable bonds is 5. The van der Waals surface area contributed by atoms with Crippen molar-refractivity contribution >= 4 is 23.3 Å². The van der Waals surface area contributed by atoms with E-state index in [9.17, 15) is 9.18 Å². The molecule has 2 aromatic carbocycles. The Labute approximate surface area is 184 Å². The number of methoxy groups -OCH3 is 1. The Hall–Kier alpha value is -3.26. The van der Waals surface area contributed by atoms with Crippen LogP contribution in [-0.4, -0.2) is 34.4 Å². The number of hydrogen-bond acceptors (Lipinski definition) is 4. The summed E-state index contributed by atoms with van der Waals surface area (Å²) in [6.45, 7) is 1.12. The summed E-state index contributed by atoms with van der Waals surface area (Å²) in [6, 6.07) is 10.8. The lowest BCUT2D eigenvalue weighted by atomic mass is 10.1. The van der Waals surface area contributed by atoms with E-state index in [-0.39, 0.29) is 18.5 Å². The number of benzene rings is 2. The molecule has 2 heterocycles. The number of aryl methyl sites for hydroxylation is 1. The molecular formula is C22H22ClFN4O3. The molecule has 31 heavy (non-hydrogen) atoms. The van der Waals surface area contributed by atoms with Crippen LogP contribution in [-0.2, 0) is 26.6 Å². The molecule has 0 saturated carbocycles. The normalized spacial score (nSPS) is 13.0. The van der Waals surface area contributed by atoms with Gasteiger partial charge in [-0.25, -0.2) is 9.18 Å². The van der Waals surface area contributed by atoms with Gasteiger partial charge in [-0.15, -0.1) is 0 Å². The van der Waals surface area contributed by atoms with E-state index >= 15 is 0 Å². The minimum atomic E-state index is -0.361. The number of nitrogens with one attached hydrogen (secondary N) is 1. The molecule has 4 rings (SSSR count). The highest BCUT2D eigenvalue weighted by atomic mass is 35.5. The van der Waals surface area contributed by atoms with E-state index in [2.05, 4.69) is 10.4 Å². The van der Waals surface area contributed by atoms with Gasteiger partial charge in [0.15, 0.2) is 0 Å². The molecule has 0 spiro atoms. The van der Waals surface area contributed by atoms with Crippen molar-refractivity contribution in [1.29, 1.82) is 0 Å². The molecule has 9 heteroatoms. The summed E-state index contributed by atoms with van der Waals surface area (Å²) in [5.41, 5.74) is 3.23. The highest BCUT2D eigenvalue weighted by molar-refractivity contribution is 6.31. The van der Waals surface area contributed by atoms with Crippen LogP contribution in [0, 0.1) is 5.82 Å². The highest BCUT2D eigenvalue weighted by Gasteiger charge is 2.27. The molecule has 0 bridgehead atoms. The number of halogens is 2. The van der Waals surface area contributed by atoms with Crippen LogP contribution in [0.25, 0.3) is 0 Å². The number of ether oxygens (including phenoxy) is 2. The minimum Gasteiger partial charge on any atom is -0.495 e. The average Bonchev–Trinajstić information content (AvgIpc) is 3.07. The topological polar surface area (TPSA) is 68.6 Å². The van der Waals surface area contributed by atoms with E-state index in [0.29, 0.717) is 41.7 Å². The molecule has 0 atom stereocenters. The van der Waals surface area contributed by atoms with Crippen LogP contribution in [0.15, 0.2) is 42.5 Å². The van der Waals surface area contributed by atoms with Gasteiger partial charge in [-0.3, -0.25) is 4.68 Å². The third-order valence-corrected chi connectivity index (χ3v) is 5.42. The lowest BCUT2D eigenvalue weighted by Gasteiger charge is -2.28. The molecule has 2 amide bonds. The maximum Gasteiger partial charge on any atom is 0.322 e.